The molecule has 2 aromatic heterocycles. The third-order valence-corrected chi connectivity index (χ3v) is 5.21. The first-order chi connectivity index (χ1) is 10.6. The first-order valence-electron chi connectivity index (χ1n) is 7.14. The quantitative estimate of drug-likeness (QED) is 0.733. The van der Waals surface area contributed by atoms with Gasteiger partial charge in [0.2, 0.25) is 11.1 Å². The fourth-order valence-electron chi connectivity index (χ4n) is 2.82. The molecule has 7 heteroatoms. The van der Waals surface area contributed by atoms with Crippen LogP contribution in [0.1, 0.15) is 19.3 Å². The van der Waals surface area contributed by atoms with Gasteiger partial charge in [-0.15, -0.1) is 0 Å². The van der Waals surface area contributed by atoms with Crippen LogP contribution in [0.5, 0.6) is 5.75 Å². The van der Waals surface area contributed by atoms with E-state index in [1.807, 2.05) is 0 Å². The Kier molecular flexibility index (Phi) is 3.23. The highest BCUT2D eigenvalue weighted by Gasteiger charge is 2.20. The molecule has 0 saturated carbocycles. The number of piperidine rings is 1. The van der Waals surface area contributed by atoms with Crippen LogP contribution in [0, 0.1) is 0 Å². The maximum atomic E-state index is 12.6. The van der Waals surface area contributed by atoms with E-state index in [1.165, 1.54) is 29.9 Å². The predicted octanol–water partition coefficient (Wildman–Crippen LogP) is 3.75. The molecule has 1 aromatic carbocycles. The summed E-state index contributed by atoms with van der Waals surface area (Å²) >= 11 is 7.23. The molecular weight excluding hydrogens is 324 g/mol. The van der Waals surface area contributed by atoms with E-state index in [4.69, 9.17) is 16.0 Å². The van der Waals surface area contributed by atoms with Crippen LogP contribution in [0.4, 0.5) is 5.13 Å². The summed E-state index contributed by atoms with van der Waals surface area (Å²) in [5.74, 6) is -0.161. The average Bonchev–Trinajstić information content (AvgIpc) is 2.92. The van der Waals surface area contributed by atoms with E-state index in [9.17, 15) is 9.90 Å². The largest absolute Gasteiger partial charge is 0.507 e. The monoisotopic (exact) mass is 336 g/mol. The number of thiazole rings is 1. The summed E-state index contributed by atoms with van der Waals surface area (Å²) in [6.45, 7) is 1.90. The Morgan fingerprint density at radius 2 is 2.05 bits per heavy atom. The molecular formula is C15H13ClN2O3S. The van der Waals surface area contributed by atoms with Crippen molar-refractivity contribution < 1.29 is 9.52 Å². The lowest BCUT2D eigenvalue weighted by molar-refractivity contribution is 0.480. The third kappa shape index (κ3) is 2.14. The number of aromatic nitrogens is 1. The third-order valence-electron chi connectivity index (χ3n) is 3.90. The van der Waals surface area contributed by atoms with Crippen molar-refractivity contribution in [3.63, 3.8) is 0 Å². The van der Waals surface area contributed by atoms with Crippen LogP contribution in [-0.2, 0) is 0 Å². The van der Waals surface area contributed by atoms with Crippen LogP contribution < -0.4 is 10.3 Å². The van der Waals surface area contributed by atoms with Gasteiger partial charge in [-0.3, -0.25) is 4.79 Å². The Labute approximate surface area is 134 Å². The number of nitrogens with zero attached hydrogens (tertiary/aromatic N) is 2. The number of fused-ring (bicyclic) bond motifs is 2. The van der Waals surface area contributed by atoms with Gasteiger partial charge in [-0.2, -0.15) is 4.98 Å². The molecule has 0 radical (unpaired) electrons. The van der Waals surface area contributed by atoms with Gasteiger partial charge in [-0.05, 0) is 25.3 Å². The van der Waals surface area contributed by atoms with Gasteiger partial charge in [-0.1, -0.05) is 22.9 Å². The zero-order valence-corrected chi connectivity index (χ0v) is 13.2. The molecule has 114 valence electrons. The van der Waals surface area contributed by atoms with Gasteiger partial charge in [0.05, 0.1) is 0 Å². The Balaban J connectivity index is 1.95. The van der Waals surface area contributed by atoms with E-state index >= 15 is 0 Å². The Morgan fingerprint density at radius 1 is 1.27 bits per heavy atom. The minimum absolute atomic E-state index is 0.158. The second-order valence-electron chi connectivity index (χ2n) is 5.41. The summed E-state index contributed by atoms with van der Waals surface area (Å²) in [5.41, 5.74) is 0.314. The van der Waals surface area contributed by atoms with Gasteiger partial charge >= 0.3 is 0 Å². The van der Waals surface area contributed by atoms with Crippen molar-refractivity contribution in [1.29, 1.82) is 0 Å². The summed E-state index contributed by atoms with van der Waals surface area (Å²) < 4.78 is 6.12. The van der Waals surface area contributed by atoms with Crippen LogP contribution in [0.3, 0.4) is 0 Å². The normalized spacial score (nSPS) is 15.8. The number of phenols is 1. The maximum Gasteiger partial charge on any atom is 0.243 e. The van der Waals surface area contributed by atoms with Gasteiger partial charge in [0.25, 0.3) is 0 Å². The minimum atomic E-state index is -0.258. The molecule has 1 saturated heterocycles. The number of anilines is 1. The van der Waals surface area contributed by atoms with Crippen molar-refractivity contribution in [2.75, 3.05) is 18.0 Å². The molecule has 1 aliphatic rings. The lowest BCUT2D eigenvalue weighted by atomic mass is 10.1. The minimum Gasteiger partial charge on any atom is -0.507 e. The molecule has 0 aliphatic carbocycles. The van der Waals surface area contributed by atoms with Crippen molar-refractivity contribution in [2.45, 2.75) is 19.3 Å². The molecule has 0 unspecified atom stereocenters. The van der Waals surface area contributed by atoms with E-state index in [-0.39, 0.29) is 22.1 Å². The highest BCUT2D eigenvalue weighted by Crippen LogP contribution is 2.33. The molecule has 0 bridgehead atoms. The highest BCUT2D eigenvalue weighted by atomic mass is 35.5. The summed E-state index contributed by atoms with van der Waals surface area (Å²) in [6.07, 6.45) is 3.50. The number of hydrogen-bond acceptors (Lipinski definition) is 6. The van der Waals surface area contributed by atoms with Crippen LogP contribution in [0.2, 0.25) is 5.02 Å². The van der Waals surface area contributed by atoms with E-state index in [0.717, 1.165) is 31.1 Å². The first-order valence-corrected chi connectivity index (χ1v) is 8.34. The number of phenolic OH excluding ortho intramolecular Hbond substituents is 1. The van der Waals surface area contributed by atoms with Crippen LogP contribution >= 0.6 is 22.9 Å². The molecule has 0 spiro atoms. The molecule has 1 aliphatic heterocycles. The van der Waals surface area contributed by atoms with E-state index < -0.39 is 0 Å². The van der Waals surface area contributed by atoms with Crippen LogP contribution in [0.25, 0.3) is 21.4 Å². The topological polar surface area (TPSA) is 66.6 Å². The molecule has 0 amide bonds. The van der Waals surface area contributed by atoms with Gasteiger partial charge in [0, 0.05) is 24.2 Å². The van der Waals surface area contributed by atoms with Crippen molar-refractivity contribution in [1.82, 2.24) is 4.98 Å². The number of hydrogen-bond donors (Lipinski definition) is 1. The Hall–Kier alpha value is -1.79. The van der Waals surface area contributed by atoms with Crippen molar-refractivity contribution in [2.24, 2.45) is 0 Å². The first kappa shape index (κ1) is 13.8. The standard InChI is InChI=1S/C15H13ClN2O3S/c16-8-6-9(19)11-10(7-8)21-14-13(12(11)20)22-15(17-14)18-4-2-1-3-5-18/h6-7,19H,1-5H2. The van der Waals surface area contributed by atoms with Gasteiger partial charge < -0.3 is 14.4 Å². The average molecular weight is 337 g/mol. The van der Waals surface area contributed by atoms with Crippen molar-refractivity contribution >= 4 is 49.5 Å². The SMILES string of the molecule is O=c1c2sc(N3CCCCC3)nc2oc2cc(Cl)cc(O)c12. The highest BCUT2D eigenvalue weighted by molar-refractivity contribution is 7.22. The number of benzene rings is 1. The summed E-state index contributed by atoms with van der Waals surface area (Å²) in [5, 5.41) is 11.3. The lowest BCUT2D eigenvalue weighted by Crippen LogP contribution is -2.29. The lowest BCUT2D eigenvalue weighted by Gasteiger charge is -2.25. The zero-order valence-electron chi connectivity index (χ0n) is 11.6. The van der Waals surface area contributed by atoms with E-state index in [0.29, 0.717) is 15.4 Å². The fourth-order valence-corrected chi connectivity index (χ4v) is 4.02. The summed E-state index contributed by atoms with van der Waals surface area (Å²) in [4.78, 5) is 19.2. The van der Waals surface area contributed by atoms with Crippen LogP contribution in [0.15, 0.2) is 21.3 Å². The van der Waals surface area contributed by atoms with Crippen LogP contribution in [-0.4, -0.2) is 23.2 Å². The van der Waals surface area contributed by atoms with Gasteiger partial charge in [0.15, 0.2) is 5.13 Å². The molecule has 4 rings (SSSR count). The second-order valence-corrected chi connectivity index (χ2v) is 6.82. The van der Waals surface area contributed by atoms with Crippen molar-refractivity contribution in [3.8, 4) is 5.75 Å². The molecule has 5 nitrogen and oxygen atoms in total. The zero-order chi connectivity index (χ0) is 15.3. The number of aromatic hydroxyl groups is 1. The molecule has 3 aromatic rings. The van der Waals surface area contributed by atoms with Gasteiger partial charge in [0.1, 0.15) is 21.4 Å². The molecule has 22 heavy (non-hydrogen) atoms. The number of rotatable bonds is 1. The van der Waals surface area contributed by atoms with Gasteiger partial charge in [-0.25, -0.2) is 0 Å². The second kappa shape index (κ2) is 5.14. The van der Waals surface area contributed by atoms with Crippen molar-refractivity contribution in [3.05, 3.63) is 27.4 Å². The molecule has 3 heterocycles. The van der Waals surface area contributed by atoms with E-state index in [1.54, 1.807) is 0 Å². The maximum absolute atomic E-state index is 12.6. The predicted molar refractivity (Wildman–Crippen MR) is 88.4 cm³/mol. The van der Waals surface area contributed by atoms with E-state index in [2.05, 4.69) is 9.88 Å². The summed E-state index contributed by atoms with van der Waals surface area (Å²) in [6, 6.07) is 2.87. The summed E-state index contributed by atoms with van der Waals surface area (Å²) in [7, 11) is 0. The smallest absolute Gasteiger partial charge is 0.243 e. The Bertz CT molecular complexity index is 928. The molecule has 1 N–H and O–H groups in total. The fraction of sp³-hybridized carbons (Fsp3) is 0.333. The molecule has 0 atom stereocenters. The number of halogens is 1. The molecule has 1 fully saturated rings. The Morgan fingerprint density at radius 3 is 2.82 bits per heavy atom.